The van der Waals surface area contributed by atoms with Crippen molar-refractivity contribution in [1.29, 1.82) is 0 Å². The molecule has 0 bridgehead atoms. The van der Waals surface area contributed by atoms with Crippen molar-refractivity contribution in [2.45, 2.75) is 141 Å². The third-order valence-corrected chi connectivity index (χ3v) is 6.82. The summed E-state index contributed by atoms with van der Waals surface area (Å²) in [6.45, 7) is 4.30. The predicted molar refractivity (Wildman–Crippen MR) is 116 cm³/mol. The minimum atomic E-state index is -3.89. The summed E-state index contributed by atoms with van der Waals surface area (Å²) in [5.74, 6) is 0. The molecule has 0 saturated heterocycles. The summed E-state index contributed by atoms with van der Waals surface area (Å²) in [5, 5.41) is 9.38. The molecule has 0 fully saturated rings. The second-order valence-electron chi connectivity index (χ2n) is 8.19. The molecule has 2 N–H and O–H groups in total. The molecule has 0 radical (unpaired) electrons. The molecule has 0 aliphatic rings. The molecule has 0 amide bonds. The largest absolute Gasteiger partial charge is 0.393 e. The molecule has 0 rings (SSSR count). The van der Waals surface area contributed by atoms with Crippen LogP contribution < -0.4 is 0 Å². The van der Waals surface area contributed by atoms with E-state index >= 15 is 0 Å². The highest BCUT2D eigenvalue weighted by Crippen LogP contribution is 2.19. The average molecular weight is 407 g/mol. The molecule has 0 saturated carbocycles. The maximum atomic E-state index is 11.5. The van der Waals surface area contributed by atoms with Crippen LogP contribution in [0.15, 0.2) is 0 Å². The molecule has 4 nitrogen and oxygen atoms in total. The van der Waals surface area contributed by atoms with Crippen LogP contribution in [0.5, 0.6) is 0 Å². The Morgan fingerprint density at radius 3 is 1.37 bits per heavy atom. The molecule has 2 atom stereocenters. The predicted octanol–water partition coefficient (Wildman–Crippen LogP) is 6.67. The van der Waals surface area contributed by atoms with Gasteiger partial charge in [0.15, 0.2) is 0 Å². The van der Waals surface area contributed by atoms with Crippen LogP contribution in [0, 0.1) is 0 Å². The van der Waals surface area contributed by atoms with Gasteiger partial charge in [-0.05, 0) is 25.7 Å². The molecule has 0 aromatic carbocycles. The Bertz CT molecular complexity index is 409. The smallest absolute Gasteiger partial charge is 0.267 e. The Morgan fingerprint density at radius 2 is 0.926 bits per heavy atom. The van der Waals surface area contributed by atoms with Gasteiger partial charge < -0.3 is 5.11 Å². The number of aliphatic hydroxyl groups excluding tert-OH is 1. The minimum absolute atomic E-state index is 0.119. The highest BCUT2D eigenvalue weighted by molar-refractivity contribution is 7.86. The van der Waals surface area contributed by atoms with Crippen molar-refractivity contribution in [2.24, 2.45) is 0 Å². The molecule has 0 aromatic heterocycles. The molecule has 0 heterocycles. The quantitative estimate of drug-likeness (QED) is 0.175. The fraction of sp³-hybridized carbons (Fsp3) is 1.00. The third-order valence-electron chi connectivity index (χ3n) is 5.51. The SMILES string of the molecule is CCCCCCC(O)CCCCCCCCCC(CCCCC)S(=O)(=O)O. The number of hydrogen-bond acceptors (Lipinski definition) is 3. The maximum absolute atomic E-state index is 11.5. The van der Waals surface area contributed by atoms with Crippen molar-refractivity contribution >= 4 is 10.1 Å². The summed E-state index contributed by atoms with van der Waals surface area (Å²) in [4.78, 5) is 0. The van der Waals surface area contributed by atoms with E-state index in [-0.39, 0.29) is 6.10 Å². The molecular formula is C22H46O4S. The van der Waals surface area contributed by atoms with E-state index in [1.165, 1.54) is 38.5 Å². The van der Waals surface area contributed by atoms with Gasteiger partial charge in [-0.25, -0.2) is 0 Å². The van der Waals surface area contributed by atoms with E-state index in [0.717, 1.165) is 64.2 Å². The van der Waals surface area contributed by atoms with Crippen LogP contribution in [0.1, 0.15) is 129 Å². The van der Waals surface area contributed by atoms with Crippen molar-refractivity contribution in [3.05, 3.63) is 0 Å². The average Bonchev–Trinajstić information content (AvgIpc) is 2.61. The number of rotatable bonds is 20. The van der Waals surface area contributed by atoms with Crippen LogP contribution in [0.25, 0.3) is 0 Å². The Hall–Kier alpha value is -0.130. The second-order valence-corrected chi connectivity index (χ2v) is 9.88. The van der Waals surface area contributed by atoms with Gasteiger partial charge in [0.05, 0.1) is 11.4 Å². The molecule has 0 spiro atoms. The van der Waals surface area contributed by atoms with Gasteiger partial charge in [0.25, 0.3) is 10.1 Å². The van der Waals surface area contributed by atoms with Gasteiger partial charge in [-0.15, -0.1) is 0 Å². The number of unbranched alkanes of at least 4 members (excludes halogenated alkanes) is 11. The van der Waals surface area contributed by atoms with Gasteiger partial charge in [-0.3, -0.25) is 4.55 Å². The summed E-state index contributed by atoms with van der Waals surface area (Å²) in [6.07, 6.45) is 18.5. The zero-order valence-corrected chi connectivity index (χ0v) is 18.8. The molecule has 5 heteroatoms. The first-order valence-electron chi connectivity index (χ1n) is 11.6. The van der Waals surface area contributed by atoms with Crippen LogP contribution in [0.2, 0.25) is 0 Å². The van der Waals surface area contributed by atoms with E-state index in [4.69, 9.17) is 0 Å². The van der Waals surface area contributed by atoms with Gasteiger partial charge >= 0.3 is 0 Å². The van der Waals surface area contributed by atoms with Crippen LogP contribution in [0.3, 0.4) is 0 Å². The zero-order chi connectivity index (χ0) is 20.4. The van der Waals surface area contributed by atoms with Crippen molar-refractivity contribution < 1.29 is 18.1 Å². The van der Waals surface area contributed by atoms with E-state index < -0.39 is 15.4 Å². The van der Waals surface area contributed by atoms with Crippen molar-refractivity contribution in [1.82, 2.24) is 0 Å². The topological polar surface area (TPSA) is 74.6 Å². The van der Waals surface area contributed by atoms with E-state index in [1.807, 2.05) is 0 Å². The van der Waals surface area contributed by atoms with E-state index in [0.29, 0.717) is 12.8 Å². The molecule has 0 aliphatic carbocycles. The van der Waals surface area contributed by atoms with Crippen molar-refractivity contribution in [2.75, 3.05) is 0 Å². The third kappa shape index (κ3) is 17.7. The summed E-state index contributed by atoms with van der Waals surface area (Å²) in [7, 11) is -3.89. The van der Waals surface area contributed by atoms with E-state index in [2.05, 4.69) is 13.8 Å². The van der Waals surface area contributed by atoms with Gasteiger partial charge in [-0.2, -0.15) is 8.42 Å². The number of aliphatic hydroxyl groups is 1. The standard InChI is InChI=1S/C22H46O4S/c1-3-5-7-14-17-21(23)18-15-11-9-8-10-12-16-20-22(27(24,25)26)19-13-6-4-2/h21-23H,3-20H2,1-2H3,(H,24,25,26). The Labute approximate surface area is 169 Å². The second kappa shape index (κ2) is 17.9. The highest BCUT2D eigenvalue weighted by atomic mass is 32.2. The first-order valence-corrected chi connectivity index (χ1v) is 13.1. The van der Waals surface area contributed by atoms with Crippen LogP contribution >= 0.6 is 0 Å². The highest BCUT2D eigenvalue weighted by Gasteiger charge is 2.21. The summed E-state index contributed by atoms with van der Waals surface area (Å²) in [5.41, 5.74) is 0. The Morgan fingerprint density at radius 1 is 0.593 bits per heavy atom. The number of hydrogen-bond donors (Lipinski definition) is 2. The van der Waals surface area contributed by atoms with Gasteiger partial charge in [0, 0.05) is 0 Å². The lowest BCUT2D eigenvalue weighted by atomic mass is 10.0. The van der Waals surface area contributed by atoms with Crippen LogP contribution in [0.4, 0.5) is 0 Å². The van der Waals surface area contributed by atoms with Crippen molar-refractivity contribution in [3.8, 4) is 0 Å². The van der Waals surface area contributed by atoms with E-state index in [1.54, 1.807) is 0 Å². The lowest BCUT2D eigenvalue weighted by molar-refractivity contribution is 0.147. The monoisotopic (exact) mass is 406 g/mol. The Balaban J connectivity index is 3.56. The van der Waals surface area contributed by atoms with Gasteiger partial charge in [0.2, 0.25) is 0 Å². The normalized spacial score (nSPS) is 14.4. The lowest BCUT2D eigenvalue weighted by Gasteiger charge is -2.13. The molecule has 27 heavy (non-hydrogen) atoms. The summed E-state index contributed by atoms with van der Waals surface area (Å²) >= 11 is 0. The molecule has 164 valence electrons. The molecule has 0 aliphatic heterocycles. The van der Waals surface area contributed by atoms with Crippen LogP contribution in [-0.4, -0.2) is 29.4 Å². The van der Waals surface area contributed by atoms with Crippen LogP contribution in [-0.2, 0) is 10.1 Å². The van der Waals surface area contributed by atoms with Crippen molar-refractivity contribution in [3.63, 3.8) is 0 Å². The molecular weight excluding hydrogens is 360 g/mol. The molecule has 0 aromatic rings. The van der Waals surface area contributed by atoms with Gasteiger partial charge in [-0.1, -0.05) is 104 Å². The summed E-state index contributed by atoms with van der Waals surface area (Å²) in [6, 6.07) is 0. The minimum Gasteiger partial charge on any atom is -0.393 e. The van der Waals surface area contributed by atoms with Gasteiger partial charge in [0.1, 0.15) is 0 Å². The Kier molecular flexibility index (Phi) is 17.8. The lowest BCUT2D eigenvalue weighted by Crippen LogP contribution is -2.20. The maximum Gasteiger partial charge on any atom is 0.267 e. The summed E-state index contributed by atoms with van der Waals surface area (Å²) < 4.78 is 32.3. The fourth-order valence-corrected chi connectivity index (χ4v) is 4.58. The van der Waals surface area contributed by atoms with E-state index in [9.17, 15) is 18.1 Å². The first-order chi connectivity index (χ1) is 12.9. The zero-order valence-electron chi connectivity index (χ0n) is 18.0. The fourth-order valence-electron chi connectivity index (χ4n) is 3.65. The first kappa shape index (κ1) is 26.9. The molecule has 2 unspecified atom stereocenters.